The van der Waals surface area contributed by atoms with Gasteiger partial charge in [0.1, 0.15) is 11.6 Å². The number of imidazole rings is 1. The molecular weight excluding hydrogens is 271 g/mol. The van der Waals surface area contributed by atoms with Gasteiger partial charge in [-0.15, -0.1) is 0 Å². The number of aryl methyl sites for hydroxylation is 1. The molecule has 1 heterocycles. The average molecular weight is 292 g/mol. The second-order valence-electron chi connectivity index (χ2n) is 5.16. The van der Waals surface area contributed by atoms with Crippen LogP contribution in [0.15, 0.2) is 18.2 Å². The number of fused-ring (bicyclic) bond motifs is 1. The van der Waals surface area contributed by atoms with Crippen LogP contribution in [-0.2, 0) is 18.3 Å². The van der Waals surface area contributed by atoms with Gasteiger partial charge in [-0.2, -0.15) is 0 Å². The van der Waals surface area contributed by atoms with Crippen molar-refractivity contribution in [2.75, 3.05) is 6.54 Å². The van der Waals surface area contributed by atoms with Crippen molar-refractivity contribution in [3.8, 4) is 0 Å². The molecule has 114 valence electrons. The lowest BCUT2D eigenvalue weighted by atomic mass is 10.1. The van der Waals surface area contributed by atoms with E-state index in [2.05, 4.69) is 10.3 Å². The zero-order valence-corrected chi connectivity index (χ0v) is 12.4. The summed E-state index contributed by atoms with van der Waals surface area (Å²) in [6.45, 7) is 2.46. The van der Waals surface area contributed by atoms with Gasteiger partial charge in [0, 0.05) is 20.0 Å². The smallest absolute Gasteiger partial charge is 0.236 e. The predicted molar refractivity (Wildman–Crippen MR) is 80.3 cm³/mol. The van der Waals surface area contributed by atoms with E-state index in [0.29, 0.717) is 19.4 Å². The van der Waals surface area contributed by atoms with Crippen molar-refractivity contribution in [2.45, 2.75) is 32.2 Å². The minimum Gasteiger partial charge on any atom is -0.354 e. The molecule has 2 aromatic rings. The molecule has 6 heteroatoms. The zero-order chi connectivity index (χ0) is 15.4. The van der Waals surface area contributed by atoms with Crippen LogP contribution in [0.2, 0.25) is 0 Å². The number of nitrogens with two attached hydrogens (primary N) is 1. The Balaban J connectivity index is 1.98. The van der Waals surface area contributed by atoms with Crippen molar-refractivity contribution < 1.29 is 9.18 Å². The molecule has 3 N–H and O–H groups in total. The highest BCUT2D eigenvalue weighted by atomic mass is 19.1. The summed E-state index contributed by atoms with van der Waals surface area (Å²) in [6, 6.07) is 4.06. The Labute approximate surface area is 123 Å². The number of hydrogen-bond donors (Lipinski definition) is 2. The second kappa shape index (κ2) is 6.67. The van der Waals surface area contributed by atoms with Crippen LogP contribution >= 0.6 is 0 Å². The second-order valence-corrected chi connectivity index (χ2v) is 5.16. The van der Waals surface area contributed by atoms with Crippen molar-refractivity contribution in [3.63, 3.8) is 0 Å². The van der Waals surface area contributed by atoms with Gasteiger partial charge in [0.2, 0.25) is 5.91 Å². The molecule has 0 bridgehead atoms. The van der Waals surface area contributed by atoms with E-state index in [-0.39, 0.29) is 11.7 Å². The molecule has 0 aliphatic carbocycles. The number of rotatable bonds is 6. The first-order valence-corrected chi connectivity index (χ1v) is 7.17. The third kappa shape index (κ3) is 3.58. The van der Waals surface area contributed by atoms with Crippen molar-refractivity contribution in [3.05, 3.63) is 29.8 Å². The van der Waals surface area contributed by atoms with Gasteiger partial charge in [-0.05, 0) is 24.6 Å². The number of benzene rings is 1. The molecule has 5 nitrogen and oxygen atoms in total. The summed E-state index contributed by atoms with van der Waals surface area (Å²) < 4.78 is 15.1. The molecule has 1 aromatic heterocycles. The molecule has 0 saturated carbocycles. The molecule has 1 aromatic carbocycles. The summed E-state index contributed by atoms with van der Waals surface area (Å²) in [5.41, 5.74) is 7.24. The van der Waals surface area contributed by atoms with E-state index in [0.717, 1.165) is 23.3 Å². The molecule has 0 aliphatic rings. The van der Waals surface area contributed by atoms with E-state index < -0.39 is 6.04 Å². The Bertz CT molecular complexity index is 638. The molecule has 1 atom stereocenters. The van der Waals surface area contributed by atoms with E-state index in [1.807, 2.05) is 18.5 Å². The van der Waals surface area contributed by atoms with Gasteiger partial charge >= 0.3 is 0 Å². The molecule has 0 spiro atoms. The van der Waals surface area contributed by atoms with E-state index in [1.54, 1.807) is 6.07 Å². The summed E-state index contributed by atoms with van der Waals surface area (Å²) in [7, 11) is 1.84. The van der Waals surface area contributed by atoms with Crippen molar-refractivity contribution in [2.24, 2.45) is 12.8 Å². The fourth-order valence-electron chi connectivity index (χ4n) is 2.31. The fourth-order valence-corrected chi connectivity index (χ4v) is 2.31. The van der Waals surface area contributed by atoms with Gasteiger partial charge in [-0.25, -0.2) is 9.37 Å². The molecule has 0 fully saturated rings. The highest BCUT2D eigenvalue weighted by Gasteiger charge is 2.12. The van der Waals surface area contributed by atoms with Crippen LogP contribution in [0.25, 0.3) is 11.0 Å². The number of halogens is 1. The lowest BCUT2D eigenvalue weighted by Crippen LogP contribution is -2.41. The standard InChI is InChI=1S/C15H21FN4O/c1-3-4-11(17)15(21)18-8-7-14-19-12-6-5-10(16)9-13(12)20(14)2/h5-6,9,11H,3-4,7-8,17H2,1-2H3,(H,18,21). The largest absolute Gasteiger partial charge is 0.354 e. The maximum absolute atomic E-state index is 13.2. The highest BCUT2D eigenvalue weighted by molar-refractivity contribution is 5.81. The summed E-state index contributed by atoms with van der Waals surface area (Å²) in [4.78, 5) is 16.2. The van der Waals surface area contributed by atoms with E-state index >= 15 is 0 Å². The number of aromatic nitrogens is 2. The summed E-state index contributed by atoms with van der Waals surface area (Å²) in [5, 5.41) is 2.81. The molecule has 1 unspecified atom stereocenters. The number of hydrogen-bond acceptors (Lipinski definition) is 3. The monoisotopic (exact) mass is 292 g/mol. The number of amides is 1. The quantitative estimate of drug-likeness (QED) is 0.847. The lowest BCUT2D eigenvalue weighted by molar-refractivity contribution is -0.122. The van der Waals surface area contributed by atoms with Gasteiger partial charge in [0.15, 0.2) is 0 Å². The van der Waals surface area contributed by atoms with Crippen LogP contribution in [0, 0.1) is 5.82 Å². The molecule has 21 heavy (non-hydrogen) atoms. The van der Waals surface area contributed by atoms with Crippen LogP contribution in [0.3, 0.4) is 0 Å². The summed E-state index contributed by atoms with van der Waals surface area (Å²) in [5.74, 6) is 0.387. The Kier molecular flexibility index (Phi) is 4.90. The average Bonchev–Trinajstić information content (AvgIpc) is 2.76. The maximum atomic E-state index is 13.2. The number of nitrogens with one attached hydrogen (secondary N) is 1. The first-order chi connectivity index (χ1) is 10.0. The molecular formula is C15H21FN4O. The van der Waals surface area contributed by atoms with Gasteiger partial charge in [-0.1, -0.05) is 13.3 Å². The Hall–Kier alpha value is -1.95. The number of carbonyl (C=O) groups is 1. The fraction of sp³-hybridized carbons (Fsp3) is 0.467. The van der Waals surface area contributed by atoms with Crippen LogP contribution in [0.5, 0.6) is 0 Å². The summed E-state index contributed by atoms with van der Waals surface area (Å²) >= 11 is 0. The molecule has 0 saturated heterocycles. The van der Waals surface area contributed by atoms with Gasteiger partial charge in [-0.3, -0.25) is 4.79 Å². The molecule has 1 amide bonds. The topological polar surface area (TPSA) is 72.9 Å². The van der Waals surface area contributed by atoms with Crippen molar-refractivity contribution >= 4 is 16.9 Å². The maximum Gasteiger partial charge on any atom is 0.236 e. The van der Waals surface area contributed by atoms with E-state index in [4.69, 9.17) is 5.73 Å². The number of nitrogens with zero attached hydrogens (tertiary/aromatic N) is 2. The minimum absolute atomic E-state index is 0.137. The predicted octanol–water partition coefficient (Wildman–Crippen LogP) is 1.50. The first kappa shape index (κ1) is 15.4. The minimum atomic E-state index is -0.454. The Morgan fingerprint density at radius 3 is 3.00 bits per heavy atom. The normalized spacial score (nSPS) is 12.6. The van der Waals surface area contributed by atoms with Crippen LogP contribution < -0.4 is 11.1 Å². The van der Waals surface area contributed by atoms with Crippen molar-refractivity contribution in [1.82, 2.24) is 14.9 Å². The van der Waals surface area contributed by atoms with Gasteiger partial charge in [0.05, 0.1) is 17.1 Å². The van der Waals surface area contributed by atoms with E-state index in [1.165, 1.54) is 12.1 Å². The van der Waals surface area contributed by atoms with Crippen LogP contribution in [0.4, 0.5) is 4.39 Å². The SMILES string of the molecule is CCCC(N)C(=O)NCCc1nc2ccc(F)cc2n1C. The zero-order valence-electron chi connectivity index (χ0n) is 12.4. The van der Waals surface area contributed by atoms with E-state index in [9.17, 15) is 9.18 Å². The van der Waals surface area contributed by atoms with Crippen LogP contribution in [0.1, 0.15) is 25.6 Å². The van der Waals surface area contributed by atoms with Crippen LogP contribution in [-0.4, -0.2) is 28.0 Å². The van der Waals surface area contributed by atoms with Gasteiger partial charge in [0.25, 0.3) is 0 Å². The highest BCUT2D eigenvalue weighted by Crippen LogP contribution is 2.16. The number of carbonyl (C=O) groups excluding carboxylic acids is 1. The molecule has 0 aliphatic heterocycles. The third-order valence-electron chi connectivity index (χ3n) is 3.52. The Morgan fingerprint density at radius 2 is 2.29 bits per heavy atom. The summed E-state index contributed by atoms with van der Waals surface area (Å²) in [6.07, 6.45) is 2.14. The van der Waals surface area contributed by atoms with Crippen molar-refractivity contribution in [1.29, 1.82) is 0 Å². The lowest BCUT2D eigenvalue weighted by Gasteiger charge is -2.10. The molecule has 2 rings (SSSR count). The third-order valence-corrected chi connectivity index (χ3v) is 3.52. The first-order valence-electron chi connectivity index (χ1n) is 7.17. The van der Waals surface area contributed by atoms with Gasteiger partial charge < -0.3 is 15.6 Å². The Morgan fingerprint density at radius 1 is 1.52 bits per heavy atom. The molecule has 0 radical (unpaired) electrons.